The van der Waals surface area contributed by atoms with Crippen LogP contribution in [0.15, 0.2) is 186 Å². The van der Waals surface area contributed by atoms with Gasteiger partial charge in [-0.25, -0.2) is 0 Å². The van der Waals surface area contributed by atoms with Crippen molar-refractivity contribution in [2.45, 2.75) is 0 Å². The Morgan fingerprint density at radius 3 is 1.51 bits per heavy atom. The molecular formula is C48H30O. The van der Waals surface area contributed by atoms with Crippen molar-refractivity contribution in [3.05, 3.63) is 182 Å². The summed E-state index contributed by atoms with van der Waals surface area (Å²) in [5, 5.41) is 9.75. The molecule has 10 rings (SSSR count). The third-order valence-corrected chi connectivity index (χ3v) is 10.0. The lowest BCUT2D eigenvalue weighted by atomic mass is 9.85. The lowest BCUT2D eigenvalue weighted by molar-refractivity contribution is 0.669. The maximum atomic E-state index is 6.43. The highest BCUT2D eigenvalue weighted by atomic mass is 16.3. The van der Waals surface area contributed by atoms with Gasteiger partial charge in [0.15, 0.2) is 0 Å². The van der Waals surface area contributed by atoms with Crippen molar-refractivity contribution in [3.8, 4) is 44.5 Å². The van der Waals surface area contributed by atoms with Crippen LogP contribution in [0.2, 0.25) is 0 Å². The second kappa shape index (κ2) is 11.1. The van der Waals surface area contributed by atoms with Crippen LogP contribution in [0, 0.1) is 0 Å². The minimum Gasteiger partial charge on any atom is -0.456 e. The SMILES string of the molecule is c1ccc(-c2ccc3c(c2)oc2ccc(-c4c5ccccc5c(-c5cccc(-c6ccc7ccccc7c6)c5)c5ccccc45)cc23)cc1. The summed E-state index contributed by atoms with van der Waals surface area (Å²) in [6.07, 6.45) is 0. The topological polar surface area (TPSA) is 13.1 Å². The predicted octanol–water partition coefficient (Wildman–Crippen LogP) is 13.7. The summed E-state index contributed by atoms with van der Waals surface area (Å²) in [7, 11) is 0. The summed E-state index contributed by atoms with van der Waals surface area (Å²) in [6.45, 7) is 0. The molecule has 0 amide bonds. The fourth-order valence-corrected chi connectivity index (χ4v) is 7.72. The molecule has 228 valence electrons. The Morgan fingerprint density at radius 2 is 0.776 bits per heavy atom. The average Bonchev–Trinajstić information content (AvgIpc) is 3.54. The fraction of sp³-hybridized carbons (Fsp3) is 0. The van der Waals surface area contributed by atoms with Gasteiger partial charge in [0.25, 0.3) is 0 Å². The molecule has 9 aromatic carbocycles. The van der Waals surface area contributed by atoms with E-state index in [0.29, 0.717) is 0 Å². The van der Waals surface area contributed by atoms with Crippen LogP contribution in [0.5, 0.6) is 0 Å². The quantitative estimate of drug-likeness (QED) is 0.178. The molecule has 10 aromatic rings. The molecule has 0 fully saturated rings. The second-order valence-electron chi connectivity index (χ2n) is 12.9. The first-order chi connectivity index (χ1) is 24.3. The zero-order valence-electron chi connectivity index (χ0n) is 26.7. The van der Waals surface area contributed by atoms with Gasteiger partial charge >= 0.3 is 0 Å². The van der Waals surface area contributed by atoms with Crippen LogP contribution in [0.25, 0.3) is 98.8 Å². The average molecular weight is 623 g/mol. The maximum Gasteiger partial charge on any atom is 0.136 e. The number of rotatable bonds is 4. The molecule has 49 heavy (non-hydrogen) atoms. The van der Waals surface area contributed by atoms with Crippen LogP contribution in [0.4, 0.5) is 0 Å². The summed E-state index contributed by atoms with van der Waals surface area (Å²) in [4.78, 5) is 0. The molecule has 0 spiro atoms. The van der Waals surface area contributed by atoms with E-state index in [1.165, 1.54) is 71.3 Å². The maximum absolute atomic E-state index is 6.43. The van der Waals surface area contributed by atoms with E-state index in [9.17, 15) is 0 Å². The smallest absolute Gasteiger partial charge is 0.136 e. The van der Waals surface area contributed by atoms with Crippen molar-refractivity contribution in [2.24, 2.45) is 0 Å². The lowest BCUT2D eigenvalue weighted by Crippen LogP contribution is -1.91. The van der Waals surface area contributed by atoms with Gasteiger partial charge in [-0.1, -0.05) is 146 Å². The van der Waals surface area contributed by atoms with Gasteiger partial charge in [-0.2, -0.15) is 0 Å². The van der Waals surface area contributed by atoms with E-state index in [2.05, 4.69) is 176 Å². The van der Waals surface area contributed by atoms with E-state index in [0.717, 1.165) is 27.5 Å². The highest BCUT2D eigenvalue weighted by Crippen LogP contribution is 2.45. The zero-order valence-corrected chi connectivity index (χ0v) is 26.7. The number of fused-ring (bicyclic) bond motifs is 6. The number of benzene rings is 9. The van der Waals surface area contributed by atoms with Crippen molar-refractivity contribution >= 4 is 54.3 Å². The highest BCUT2D eigenvalue weighted by molar-refractivity contribution is 6.22. The minimum atomic E-state index is 0.902. The molecule has 0 atom stereocenters. The van der Waals surface area contributed by atoms with E-state index < -0.39 is 0 Å². The molecule has 0 bridgehead atoms. The van der Waals surface area contributed by atoms with Crippen molar-refractivity contribution in [1.82, 2.24) is 0 Å². The van der Waals surface area contributed by atoms with E-state index in [1.54, 1.807) is 0 Å². The van der Waals surface area contributed by atoms with Crippen molar-refractivity contribution in [3.63, 3.8) is 0 Å². The van der Waals surface area contributed by atoms with Crippen molar-refractivity contribution < 1.29 is 4.42 Å². The lowest BCUT2D eigenvalue weighted by Gasteiger charge is -2.18. The molecule has 0 N–H and O–H groups in total. The monoisotopic (exact) mass is 622 g/mol. The normalized spacial score (nSPS) is 11.7. The Kier molecular flexibility index (Phi) is 6.25. The van der Waals surface area contributed by atoms with E-state index in [1.807, 2.05) is 6.07 Å². The third kappa shape index (κ3) is 4.55. The van der Waals surface area contributed by atoms with Crippen LogP contribution in [0.1, 0.15) is 0 Å². The van der Waals surface area contributed by atoms with Crippen LogP contribution in [-0.2, 0) is 0 Å². The molecule has 1 nitrogen and oxygen atoms in total. The molecule has 0 radical (unpaired) electrons. The largest absolute Gasteiger partial charge is 0.456 e. The van der Waals surface area contributed by atoms with Gasteiger partial charge in [0, 0.05) is 10.8 Å². The van der Waals surface area contributed by atoms with Crippen LogP contribution >= 0.6 is 0 Å². The van der Waals surface area contributed by atoms with Gasteiger partial charge in [0.05, 0.1) is 0 Å². The summed E-state index contributed by atoms with van der Waals surface area (Å²) in [5.41, 5.74) is 11.5. The standard InChI is InChI=1S/C48H30O/c1-2-11-31(12-3-1)36-23-25-39-44-29-38(24-26-45(44)49-46(39)30-36)48-42-19-8-6-17-40(42)47(41-18-7-9-20-43(41)48)37-16-10-15-34(28-37)35-22-21-32-13-4-5-14-33(32)27-35/h1-30H. The fourth-order valence-electron chi connectivity index (χ4n) is 7.72. The van der Waals surface area contributed by atoms with Crippen molar-refractivity contribution in [2.75, 3.05) is 0 Å². The zero-order chi connectivity index (χ0) is 32.3. The van der Waals surface area contributed by atoms with E-state index in [4.69, 9.17) is 4.42 Å². The summed E-state index contributed by atoms with van der Waals surface area (Å²) < 4.78 is 6.43. The van der Waals surface area contributed by atoms with Crippen LogP contribution in [0.3, 0.4) is 0 Å². The Balaban J connectivity index is 1.17. The summed E-state index contributed by atoms with van der Waals surface area (Å²) >= 11 is 0. The summed E-state index contributed by atoms with van der Waals surface area (Å²) in [5.74, 6) is 0. The molecule has 0 aliphatic rings. The van der Waals surface area contributed by atoms with Crippen LogP contribution < -0.4 is 0 Å². The molecular weight excluding hydrogens is 593 g/mol. The van der Waals surface area contributed by atoms with E-state index in [-0.39, 0.29) is 0 Å². The van der Waals surface area contributed by atoms with Crippen molar-refractivity contribution in [1.29, 1.82) is 0 Å². The molecule has 0 saturated heterocycles. The van der Waals surface area contributed by atoms with Gasteiger partial charge in [-0.15, -0.1) is 0 Å². The number of hydrogen-bond acceptors (Lipinski definition) is 1. The second-order valence-corrected chi connectivity index (χ2v) is 12.9. The molecule has 1 heterocycles. The number of hydrogen-bond donors (Lipinski definition) is 0. The van der Waals surface area contributed by atoms with Gasteiger partial charge in [0.2, 0.25) is 0 Å². The third-order valence-electron chi connectivity index (χ3n) is 10.0. The predicted molar refractivity (Wildman–Crippen MR) is 208 cm³/mol. The Bertz CT molecular complexity index is 2820. The van der Waals surface area contributed by atoms with Gasteiger partial charge in [0.1, 0.15) is 11.2 Å². The first kappa shape index (κ1) is 27.7. The first-order valence-corrected chi connectivity index (χ1v) is 16.8. The van der Waals surface area contributed by atoms with Gasteiger partial charge in [-0.3, -0.25) is 0 Å². The first-order valence-electron chi connectivity index (χ1n) is 16.8. The summed E-state index contributed by atoms with van der Waals surface area (Å²) in [6, 6.07) is 65.8. The highest BCUT2D eigenvalue weighted by Gasteiger charge is 2.18. The van der Waals surface area contributed by atoms with Gasteiger partial charge < -0.3 is 4.42 Å². The van der Waals surface area contributed by atoms with E-state index >= 15 is 0 Å². The number of furan rings is 1. The van der Waals surface area contributed by atoms with Gasteiger partial charge in [-0.05, 0) is 113 Å². The molecule has 0 saturated carbocycles. The molecule has 0 unspecified atom stereocenters. The Morgan fingerprint density at radius 1 is 0.245 bits per heavy atom. The molecule has 1 aromatic heterocycles. The Hall–Kier alpha value is -6.44. The molecule has 1 heteroatoms. The molecule has 0 aliphatic carbocycles. The Labute approximate surface area is 284 Å². The minimum absolute atomic E-state index is 0.902. The molecule has 0 aliphatic heterocycles. The van der Waals surface area contributed by atoms with Crippen LogP contribution in [-0.4, -0.2) is 0 Å².